The Morgan fingerprint density at radius 3 is 2.57 bits per heavy atom. The lowest BCUT2D eigenvalue weighted by Crippen LogP contribution is -2.44. The highest BCUT2D eigenvalue weighted by molar-refractivity contribution is 7.98. The summed E-state index contributed by atoms with van der Waals surface area (Å²) in [5, 5.41) is 3.47. The molecule has 0 aromatic heterocycles. The van der Waals surface area contributed by atoms with Crippen LogP contribution in [0, 0.1) is 5.41 Å². The van der Waals surface area contributed by atoms with Crippen molar-refractivity contribution >= 4 is 30.1 Å². The van der Waals surface area contributed by atoms with E-state index in [1.165, 1.54) is 6.42 Å². The molecule has 0 saturated carbocycles. The molecular weight excluding hydrogens is 304 g/mol. The van der Waals surface area contributed by atoms with Crippen LogP contribution in [-0.2, 0) is 0 Å². The lowest BCUT2D eigenvalue weighted by Gasteiger charge is -2.39. The van der Waals surface area contributed by atoms with Gasteiger partial charge in [-0.25, -0.2) is 0 Å². The van der Waals surface area contributed by atoms with Crippen molar-refractivity contribution in [2.45, 2.75) is 24.2 Å². The third kappa shape index (κ3) is 3.38. The van der Waals surface area contributed by atoms with Crippen LogP contribution < -0.4 is 5.32 Å². The average Bonchev–Trinajstić information content (AvgIpc) is 2.95. The second kappa shape index (κ2) is 7.03. The summed E-state index contributed by atoms with van der Waals surface area (Å²) >= 11 is 1.65. The molecule has 2 fully saturated rings. The van der Waals surface area contributed by atoms with Crippen molar-refractivity contribution in [1.29, 1.82) is 0 Å². The molecule has 2 aliphatic rings. The fraction of sp³-hybridized carbons (Fsp3) is 0.562. The van der Waals surface area contributed by atoms with Gasteiger partial charge in [-0.2, -0.15) is 0 Å². The van der Waals surface area contributed by atoms with Crippen LogP contribution in [0.5, 0.6) is 0 Å². The van der Waals surface area contributed by atoms with Crippen LogP contribution in [0.1, 0.15) is 29.6 Å². The first kappa shape index (κ1) is 16.7. The molecule has 21 heavy (non-hydrogen) atoms. The Balaban J connectivity index is 0.00000161. The number of carbonyl (C=O) groups excluding carboxylic acids is 1. The van der Waals surface area contributed by atoms with Crippen molar-refractivity contribution < 1.29 is 4.79 Å². The molecule has 1 aromatic rings. The minimum atomic E-state index is 0. The highest BCUT2D eigenvalue weighted by Crippen LogP contribution is 2.37. The number of piperidine rings is 1. The van der Waals surface area contributed by atoms with Crippen molar-refractivity contribution in [3.63, 3.8) is 0 Å². The van der Waals surface area contributed by atoms with Gasteiger partial charge in [-0.3, -0.25) is 4.79 Å². The molecule has 3 rings (SSSR count). The molecule has 116 valence electrons. The van der Waals surface area contributed by atoms with E-state index in [0.29, 0.717) is 5.41 Å². The predicted octanol–water partition coefficient (Wildman–Crippen LogP) is 3.05. The van der Waals surface area contributed by atoms with E-state index >= 15 is 0 Å². The van der Waals surface area contributed by atoms with Crippen molar-refractivity contribution in [3.05, 3.63) is 29.8 Å². The minimum Gasteiger partial charge on any atom is -0.339 e. The zero-order valence-corrected chi connectivity index (χ0v) is 14.1. The highest BCUT2D eigenvalue weighted by Gasteiger charge is 2.38. The van der Waals surface area contributed by atoms with Gasteiger partial charge in [-0.05, 0) is 49.6 Å². The largest absolute Gasteiger partial charge is 0.339 e. The van der Waals surface area contributed by atoms with Crippen LogP contribution in [0.15, 0.2) is 29.2 Å². The Morgan fingerprint density at radius 2 is 1.95 bits per heavy atom. The van der Waals surface area contributed by atoms with E-state index in [-0.39, 0.29) is 18.3 Å². The smallest absolute Gasteiger partial charge is 0.254 e. The number of hydrogen-bond donors (Lipinski definition) is 1. The lowest BCUT2D eigenvalue weighted by molar-refractivity contribution is 0.0604. The molecule has 0 atom stereocenters. The van der Waals surface area contributed by atoms with E-state index in [0.717, 1.165) is 49.5 Å². The summed E-state index contributed by atoms with van der Waals surface area (Å²) in [6, 6.07) is 7.94. The Hall–Kier alpha value is -0.710. The normalized spacial score (nSPS) is 20.3. The fourth-order valence-electron chi connectivity index (χ4n) is 3.40. The van der Waals surface area contributed by atoms with Gasteiger partial charge >= 0.3 is 0 Å². The summed E-state index contributed by atoms with van der Waals surface area (Å²) in [7, 11) is 0. The topological polar surface area (TPSA) is 32.3 Å². The summed E-state index contributed by atoms with van der Waals surface area (Å²) in [6.45, 7) is 4.09. The molecule has 1 amide bonds. The SMILES string of the molecule is CSc1ccccc1C(=O)N1CCC2(CCNC2)CC1.Cl. The van der Waals surface area contributed by atoms with Crippen LogP contribution in [0.3, 0.4) is 0 Å². The van der Waals surface area contributed by atoms with Crippen molar-refractivity contribution in [1.82, 2.24) is 10.2 Å². The van der Waals surface area contributed by atoms with Crippen LogP contribution in [0.2, 0.25) is 0 Å². The van der Waals surface area contributed by atoms with E-state index in [1.807, 2.05) is 35.4 Å². The first-order chi connectivity index (χ1) is 9.74. The maximum Gasteiger partial charge on any atom is 0.254 e. The van der Waals surface area contributed by atoms with Crippen molar-refractivity contribution in [3.8, 4) is 0 Å². The molecule has 0 aliphatic carbocycles. The van der Waals surface area contributed by atoms with E-state index in [2.05, 4.69) is 5.32 Å². The number of rotatable bonds is 2. The number of halogens is 1. The first-order valence-corrected chi connectivity index (χ1v) is 8.60. The molecule has 0 unspecified atom stereocenters. The number of thioether (sulfide) groups is 1. The Bertz CT molecular complexity index is 493. The fourth-order valence-corrected chi connectivity index (χ4v) is 3.99. The van der Waals surface area contributed by atoms with E-state index < -0.39 is 0 Å². The summed E-state index contributed by atoms with van der Waals surface area (Å²) in [4.78, 5) is 15.8. The van der Waals surface area contributed by atoms with E-state index in [9.17, 15) is 4.79 Å². The van der Waals surface area contributed by atoms with E-state index in [1.54, 1.807) is 11.8 Å². The number of benzene rings is 1. The molecule has 2 heterocycles. The second-order valence-corrected chi connectivity index (χ2v) is 6.77. The van der Waals surface area contributed by atoms with Crippen LogP contribution in [0.25, 0.3) is 0 Å². The molecule has 2 saturated heterocycles. The van der Waals surface area contributed by atoms with Gasteiger partial charge in [0.1, 0.15) is 0 Å². The molecule has 1 N–H and O–H groups in total. The minimum absolute atomic E-state index is 0. The number of amides is 1. The molecular formula is C16H23ClN2OS. The Labute approximate surface area is 137 Å². The molecule has 1 aromatic carbocycles. The molecule has 5 heteroatoms. The summed E-state index contributed by atoms with van der Waals surface area (Å²) in [5.74, 6) is 0.204. The van der Waals surface area contributed by atoms with Gasteiger partial charge in [0.25, 0.3) is 5.91 Å². The molecule has 0 radical (unpaired) electrons. The molecule has 0 bridgehead atoms. The van der Waals surface area contributed by atoms with Gasteiger partial charge in [-0.1, -0.05) is 12.1 Å². The average molecular weight is 327 g/mol. The third-order valence-corrected chi connectivity index (χ3v) is 5.58. The van der Waals surface area contributed by atoms with Gasteiger partial charge < -0.3 is 10.2 Å². The standard InChI is InChI=1S/C16H22N2OS.ClH/c1-20-14-5-3-2-4-13(14)15(19)18-10-7-16(8-11-18)6-9-17-12-16;/h2-5,17H,6-12H2,1H3;1H. The van der Waals surface area contributed by atoms with E-state index in [4.69, 9.17) is 0 Å². The number of nitrogens with zero attached hydrogens (tertiary/aromatic N) is 1. The van der Waals surface area contributed by atoms with Gasteiger partial charge in [-0.15, -0.1) is 24.2 Å². The number of hydrogen-bond acceptors (Lipinski definition) is 3. The van der Waals surface area contributed by atoms with Gasteiger partial charge in [0, 0.05) is 24.5 Å². The van der Waals surface area contributed by atoms with Crippen molar-refractivity contribution in [2.24, 2.45) is 5.41 Å². The summed E-state index contributed by atoms with van der Waals surface area (Å²) < 4.78 is 0. The summed E-state index contributed by atoms with van der Waals surface area (Å²) in [5.41, 5.74) is 1.33. The van der Waals surface area contributed by atoms with Gasteiger partial charge in [0.2, 0.25) is 0 Å². The third-order valence-electron chi connectivity index (χ3n) is 4.78. The monoisotopic (exact) mass is 326 g/mol. The quantitative estimate of drug-likeness (QED) is 0.848. The molecule has 2 aliphatic heterocycles. The number of likely N-dealkylation sites (tertiary alicyclic amines) is 1. The van der Waals surface area contributed by atoms with Gasteiger partial charge in [0.15, 0.2) is 0 Å². The number of carbonyl (C=O) groups is 1. The summed E-state index contributed by atoms with van der Waals surface area (Å²) in [6.07, 6.45) is 5.60. The zero-order valence-electron chi connectivity index (χ0n) is 12.4. The van der Waals surface area contributed by atoms with Crippen LogP contribution in [-0.4, -0.2) is 43.2 Å². The molecule has 1 spiro atoms. The van der Waals surface area contributed by atoms with Crippen LogP contribution >= 0.6 is 24.2 Å². The van der Waals surface area contributed by atoms with Crippen LogP contribution in [0.4, 0.5) is 0 Å². The number of nitrogens with one attached hydrogen (secondary N) is 1. The Morgan fingerprint density at radius 1 is 1.24 bits per heavy atom. The zero-order chi connectivity index (χ0) is 14.0. The lowest BCUT2D eigenvalue weighted by atomic mass is 9.78. The first-order valence-electron chi connectivity index (χ1n) is 7.37. The highest BCUT2D eigenvalue weighted by atomic mass is 35.5. The van der Waals surface area contributed by atoms with Crippen molar-refractivity contribution in [2.75, 3.05) is 32.4 Å². The molecule has 3 nitrogen and oxygen atoms in total. The predicted molar refractivity (Wildman–Crippen MR) is 90.5 cm³/mol. The maximum absolute atomic E-state index is 12.7. The maximum atomic E-state index is 12.7. The Kier molecular flexibility index (Phi) is 5.58. The van der Waals surface area contributed by atoms with Gasteiger partial charge in [0.05, 0.1) is 5.56 Å². The second-order valence-electron chi connectivity index (χ2n) is 5.92.